The van der Waals surface area contributed by atoms with Gasteiger partial charge in [0.15, 0.2) is 22.9 Å². The Kier molecular flexibility index (Phi) is 5.73. The van der Waals surface area contributed by atoms with Gasteiger partial charge in [-0.15, -0.1) is 10.2 Å². The van der Waals surface area contributed by atoms with Gasteiger partial charge >= 0.3 is 0 Å². The van der Waals surface area contributed by atoms with E-state index in [1.54, 1.807) is 24.3 Å². The highest BCUT2D eigenvalue weighted by molar-refractivity contribution is 9.10. The number of benzene rings is 2. The van der Waals surface area contributed by atoms with Crippen molar-refractivity contribution in [2.45, 2.75) is 18.9 Å². The van der Waals surface area contributed by atoms with Crippen molar-refractivity contribution in [3.63, 3.8) is 0 Å². The van der Waals surface area contributed by atoms with Crippen LogP contribution in [0.25, 0.3) is 10.9 Å². The summed E-state index contributed by atoms with van der Waals surface area (Å²) in [7, 11) is 1.53. The number of hydrogen-bond donors (Lipinski definition) is 1. The smallest absolute Gasteiger partial charge is 0.172 e. The van der Waals surface area contributed by atoms with E-state index < -0.39 is 5.56 Å². The lowest BCUT2D eigenvalue weighted by Crippen LogP contribution is -2.08. The summed E-state index contributed by atoms with van der Waals surface area (Å²) >= 11 is 9.19. The minimum atomic E-state index is -0.487. The van der Waals surface area contributed by atoms with Crippen LogP contribution in [0.15, 0.2) is 34.8 Å². The molecule has 0 saturated carbocycles. The van der Waals surface area contributed by atoms with Crippen LogP contribution in [0.5, 0.6) is 11.5 Å². The second kappa shape index (κ2) is 8.01. The first-order valence-electron chi connectivity index (χ1n) is 7.75. The fourth-order valence-corrected chi connectivity index (χ4v) is 2.61. The molecular formula is C17H15BrClFN4O2. The van der Waals surface area contributed by atoms with Gasteiger partial charge in [-0.2, -0.15) is 0 Å². The van der Waals surface area contributed by atoms with Crippen LogP contribution in [0.3, 0.4) is 0 Å². The Morgan fingerprint density at radius 2 is 2.04 bits per heavy atom. The molecule has 0 fully saturated rings. The molecule has 6 nitrogen and oxygen atoms in total. The van der Waals surface area contributed by atoms with Crippen molar-refractivity contribution in [3.05, 3.63) is 40.6 Å². The minimum Gasteiger partial charge on any atom is -0.493 e. The van der Waals surface area contributed by atoms with E-state index in [0.29, 0.717) is 44.8 Å². The summed E-state index contributed by atoms with van der Waals surface area (Å²) in [4.78, 5) is 0. The molecule has 0 aliphatic rings. The summed E-state index contributed by atoms with van der Waals surface area (Å²) in [6.07, 6.45) is 0.632. The third kappa shape index (κ3) is 3.96. The molecule has 3 aromatic rings. The fraction of sp³-hybridized carbons (Fsp3) is 0.235. The molecule has 0 radical (unpaired) electrons. The Bertz CT molecular complexity index is 944. The molecule has 0 amide bonds. The van der Waals surface area contributed by atoms with Crippen LogP contribution in [-0.2, 0) is 0 Å². The molecule has 1 unspecified atom stereocenters. The Hall–Kier alpha value is -2.19. The highest BCUT2D eigenvalue weighted by Gasteiger charge is 2.15. The summed E-state index contributed by atoms with van der Waals surface area (Å²) in [5, 5.41) is 15.5. The van der Waals surface area contributed by atoms with Gasteiger partial charge < -0.3 is 14.8 Å². The van der Waals surface area contributed by atoms with E-state index in [9.17, 15) is 4.39 Å². The molecule has 0 aliphatic carbocycles. The maximum Gasteiger partial charge on any atom is 0.172 e. The van der Waals surface area contributed by atoms with Gasteiger partial charge in [-0.05, 0) is 51.8 Å². The molecule has 0 saturated heterocycles. The predicted molar refractivity (Wildman–Crippen MR) is 102 cm³/mol. The zero-order chi connectivity index (χ0) is 18.7. The molecule has 0 spiro atoms. The topological polar surface area (TPSA) is 69.2 Å². The van der Waals surface area contributed by atoms with Gasteiger partial charge in [0.2, 0.25) is 0 Å². The maximum absolute atomic E-state index is 13.7. The Labute approximate surface area is 162 Å². The second-order valence-electron chi connectivity index (χ2n) is 5.35. The quantitative estimate of drug-likeness (QED) is 0.541. The van der Waals surface area contributed by atoms with Gasteiger partial charge in [-0.3, -0.25) is 0 Å². The third-order valence-electron chi connectivity index (χ3n) is 3.59. The minimum absolute atomic E-state index is 0.378. The van der Waals surface area contributed by atoms with Gasteiger partial charge in [0, 0.05) is 11.8 Å². The molecule has 1 atom stereocenters. The highest BCUT2D eigenvalue weighted by Crippen LogP contribution is 2.35. The Morgan fingerprint density at radius 1 is 1.23 bits per heavy atom. The molecule has 9 heteroatoms. The lowest BCUT2D eigenvalue weighted by Gasteiger charge is -2.15. The van der Waals surface area contributed by atoms with Crippen LogP contribution in [0.1, 0.15) is 13.3 Å². The summed E-state index contributed by atoms with van der Waals surface area (Å²) < 4.78 is 25.2. The summed E-state index contributed by atoms with van der Waals surface area (Å²) in [5.41, 5.74) is 0.578. The van der Waals surface area contributed by atoms with E-state index >= 15 is 0 Å². The van der Waals surface area contributed by atoms with Crippen LogP contribution in [0, 0.1) is 5.82 Å². The Morgan fingerprint density at radius 3 is 2.73 bits per heavy atom. The standard InChI is InChI=1S/C17H15BrClFN4O2/c1-3-16(19)26-15-8-13-10(7-14(15)25-2)17(23-24-22-13)21-9-4-5-11(18)12(20)6-9/h4-8,16H,3H2,1-2H3,(H,21,22,23). The number of methoxy groups -OCH3 is 1. The monoisotopic (exact) mass is 440 g/mol. The number of hydrogen-bond acceptors (Lipinski definition) is 6. The average molecular weight is 442 g/mol. The first-order chi connectivity index (χ1) is 12.5. The normalized spacial score (nSPS) is 12.0. The van der Waals surface area contributed by atoms with Crippen molar-refractivity contribution in [3.8, 4) is 11.5 Å². The van der Waals surface area contributed by atoms with Crippen molar-refractivity contribution in [2.24, 2.45) is 0 Å². The number of alkyl halides is 1. The number of ether oxygens (including phenoxy) is 2. The Balaban J connectivity index is 2.02. The van der Waals surface area contributed by atoms with Crippen LogP contribution in [0.2, 0.25) is 0 Å². The van der Waals surface area contributed by atoms with E-state index in [-0.39, 0.29) is 5.82 Å². The number of aromatic nitrogens is 3. The summed E-state index contributed by atoms with van der Waals surface area (Å²) in [6.45, 7) is 1.91. The van der Waals surface area contributed by atoms with Gasteiger partial charge in [-0.25, -0.2) is 4.39 Å². The second-order valence-corrected chi connectivity index (χ2v) is 6.69. The molecule has 136 valence electrons. The number of rotatable bonds is 6. The SMILES string of the molecule is CCC(Cl)Oc1cc2nnnc(Nc3ccc(Br)c(F)c3)c2cc1OC. The number of anilines is 2. The average Bonchev–Trinajstić information content (AvgIpc) is 2.64. The van der Waals surface area contributed by atoms with E-state index in [1.807, 2.05) is 6.92 Å². The van der Waals surface area contributed by atoms with Gasteiger partial charge in [0.1, 0.15) is 11.3 Å². The number of nitrogens with zero attached hydrogens (tertiary/aromatic N) is 3. The van der Waals surface area contributed by atoms with E-state index in [0.717, 1.165) is 0 Å². The van der Waals surface area contributed by atoms with Crippen molar-refractivity contribution < 1.29 is 13.9 Å². The number of nitrogens with one attached hydrogen (secondary N) is 1. The van der Waals surface area contributed by atoms with Crippen LogP contribution in [-0.4, -0.2) is 28.1 Å². The zero-order valence-corrected chi connectivity index (χ0v) is 16.3. The predicted octanol–water partition coefficient (Wildman–Crippen LogP) is 5.03. The first kappa shape index (κ1) is 18.6. The molecule has 0 aliphatic heterocycles. The summed E-state index contributed by atoms with van der Waals surface area (Å²) in [6, 6.07) is 8.08. The molecule has 2 aromatic carbocycles. The molecule has 1 heterocycles. The molecule has 1 N–H and O–H groups in total. The molecule has 26 heavy (non-hydrogen) atoms. The van der Waals surface area contributed by atoms with Crippen molar-refractivity contribution >= 4 is 49.9 Å². The molecule has 0 bridgehead atoms. The van der Waals surface area contributed by atoms with Gasteiger partial charge in [0.25, 0.3) is 0 Å². The molecule has 1 aromatic heterocycles. The zero-order valence-electron chi connectivity index (χ0n) is 14.0. The number of fused-ring (bicyclic) bond motifs is 1. The first-order valence-corrected chi connectivity index (χ1v) is 8.98. The maximum atomic E-state index is 13.7. The van der Waals surface area contributed by atoms with Gasteiger partial charge in [-0.1, -0.05) is 18.5 Å². The highest BCUT2D eigenvalue weighted by atomic mass is 79.9. The van der Waals surface area contributed by atoms with Crippen molar-refractivity contribution in [2.75, 3.05) is 12.4 Å². The fourth-order valence-electron chi connectivity index (χ4n) is 2.27. The van der Waals surface area contributed by atoms with Gasteiger partial charge in [0.05, 0.1) is 17.0 Å². The van der Waals surface area contributed by atoms with E-state index in [2.05, 4.69) is 36.7 Å². The van der Waals surface area contributed by atoms with E-state index in [1.165, 1.54) is 13.2 Å². The lowest BCUT2D eigenvalue weighted by atomic mass is 10.2. The molecule has 3 rings (SSSR count). The van der Waals surface area contributed by atoms with Crippen molar-refractivity contribution in [1.29, 1.82) is 0 Å². The van der Waals surface area contributed by atoms with Crippen molar-refractivity contribution in [1.82, 2.24) is 15.4 Å². The third-order valence-corrected chi connectivity index (χ3v) is 4.63. The molecular weight excluding hydrogens is 427 g/mol. The number of halogens is 3. The van der Waals surface area contributed by atoms with Crippen LogP contribution < -0.4 is 14.8 Å². The largest absolute Gasteiger partial charge is 0.493 e. The van der Waals surface area contributed by atoms with Crippen LogP contribution in [0.4, 0.5) is 15.9 Å². The summed E-state index contributed by atoms with van der Waals surface area (Å²) in [5.74, 6) is 0.973. The van der Waals surface area contributed by atoms with Crippen LogP contribution >= 0.6 is 27.5 Å². The lowest BCUT2D eigenvalue weighted by molar-refractivity contribution is 0.261. The van der Waals surface area contributed by atoms with E-state index in [4.69, 9.17) is 21.1 Å².